The predicted octanol–water partition coefficient (Wildman–Crippen LogP) is -0.415. The van der Waals surface area contributed by atoms with Crippen LogP contribution < -0.4 is 0 Å². The van der Waals surface area contributed by atoms with Crippen LogP contribution in [0.3, 0.4) is 0 Å². The number of aryl methyl sites for hydroxylation is 1. The van der Waals surface area contributed by atoms with E-state index in [4.69, 9.17) is 10.2 Å². The molecule has 8 nitrogen and oxygen atoms in total. The van der Waals surface area contributed by atoms with Crippen molar-refractivity contribution in [2.24, 2.45) is 0 Å². The van der Waals surface area contributed by atoms with Gasteiger partial charge in [-0.1, -0.05) is 6.08 Å². The number of aliphatic hydroxyl groups is 1. The lowest BCUT2D eigenvalue weighted by molar-refractivity contribution is 0.0686. The van der Waals surface area contributed by atoms with Crippen LogP contribution in [0.4, 0.5) is 0 Å². The molecular weight excluding hydrogens is 274 g/mol. The summed E-state index contributed by atoms with van der Waals surface area (Å²) >= 11 is 0. The quantitative estimate of drug-likeness (QED) is 0.586. The number of aromatic carboxylic acids is 1. The lowest BCUT2D eigenvalue weighted by Crippen LogP contribution is -2.34. The molecule has 106 valence electrons. The highest BCUT2D eigenvalue weighted by Crippen LogP contribution is 2.22. The number of aliphatic hydroxyl groups excluding tert-OH is 1. The van der Waals surface area contributed by atoms with Crippen molar-refractivity contribution in [2.45, 2.75) is 11.8 Å². The Kier molecular flexibility index (Phi) is 4.81. The number of aromatic amines is 1. The average Bonchev–Trinajstić information content (AvgIpc) is 2.71. The molecule has 3 N–H and O–H groups in total. The minimum absolute atomic E-state index is 0.0351. The molecule has 0 saturated carbocycles. The van der Waals surface area contributed by atoms with Crippen molar-refractivity contribution in [3.8, 4) is 0 Å². The molecule has 0 radical (unpaired) electrons. The summed E-state index contributed by atoms with van der Waals surface area (Å²) in [5, 5.41) is 23.6. The number of hydrogen-bond acceptors (Lipinski definition) is 5. The fraction of sp³-hybridized carbons (Fsp3) is 0.400. The van der Waals surface area contributed by atoms with Gasteiger partial charge in [0.15, 0.2) is 5.69 Å². The molecular formula is C10H15N3O5S. The third-order valence-electron chi connectivity index (χ3n) is 2.37. The maximum Gasteiger partial charge on any atom is 0.357 e. The Morgan fingerprint density at radius 1 is 1.58 bits per heavy atom. The van der Waals surface area contributed by atoms with E-state index in [0.717, 1.165) is 4.31 Å². The van der Waals surface area contributed by atoms with Gasteiger partial charge in [0.25, 0.3) is 0 Å². The smallest absolute Gasteiger partial charge is 0.357 e. The minimum atomic E-state index is -4.06. The molecule has 0 fully saturated rings. The first-order valence-corrected chi connectivity index (χ1v) is 6.80. The van der Waals surface area contributed by atoms with E-state index in [0.29, 0.717) is 0 Å². The van der Waals surface area contributed by atoms with Crippen LogP contribution in [0, 0.1) is 6.92 Å². The number of carboxylic acids is 1. The summed E-state index contributed by atoms with van der Waals surface area (Å²) in [5.41, 5.74) is -0.436. The van der Waals surface area contributed by atoms with Crippen LogP contribution in [-0.2, 0) is 10.0 Å². The van der Waals surface area contributed by atoms with Crippen LogP contribution in [0.5, 0.6) is 0 Å². The van der Waals surface area contributed by atoms with E-state index in [9.17, 15) is 13.2 Å². The van der Waals surface area contributed by atoms with Crippen molar-refractivity contribution < 1.29 is 23.4 Å². The van der Waals surface area contributed by atoms with Gasteiger partial charge in [0.2, 0.25) is 10.0 Å². The lowest BCUT2D eigenvalue weighted by atomic mass is 10.4. The number of carboxylic acid groups (broad SMARTS) is 1. The predicted molar refractivity (Wildman–Crippen MR) is 66.3 cm³/mol. The molecule has 0 spiro atoms. The van der Waals surface area contributed by atoms with Crippen LogP contribution in [0.1, 0.15) is 16.2 Å². The van der Waals surface area contributed by atoms with Gasteiger partial charge in [-0.25, -0.2) is 13.2 Å². The molecule has 0 aliphatic carbocycles. The van der Waals surface area contributed by atoms with Crippen molar-refractivity contribution in [3.63, 3.8) is 0 Å². The summed E-state index contributed by atoms with van der Waals surface area (Å²) in [4.78, 5) is 10.6. The van der Waals surface area contributed by atoms with E-state index in [1.807, 2.05) is 0 Å². The molecule has 0 saturated heterocycles. The van der Waals surface area contributed by atoms with Gasteiger partial charge in [0, 0.05) is 13.1 Å². The first-order chi connectivity index (χ1) is 8.86. The third-order valence-corrected chi connectivity index (χ3v) is 4.40. The lowest BCUT2D eigenvalue weighted by Gasteiger charge is -2.19. The molecule has 0 aliphatic rings. The van der Waals surface area contributed by atoms with Crippen LogP contribution in [0.2, 0.25) is 0 Å². The number of H-pyrrole nitrogens is 1. The molecule has 1 aromatic heterocycles. The number of sulfonamides is 1. The van der Waals surface area contributed by atoms with Gasteiger partial charge >= 0.3 is 5.97 Å². The summed E-state index contributed by atoms with van der Waals surface area (Å²) in [6.07, 6.45) is 1.35. The van der Waals surface area contributed by atoms with E-state index in [2.05, 4.69) is 16.8 Å². The largest absolute Gasteiger partial charge is 0.476 e. The molecule has 0 aliphatic heterocycles. The fourth-order valence-electron chi connectivity index (χ4n) is 1.57. The van der Waals surface area contributed by atoms with Crippen LogP contribution in [0.25, 0.3) is 0 Å². The summed E-state index contributed by atoms with van der Waals surface area (Å²) in [7, 11) is -4.06. The van der Waals surface area contributed by atoms with Gasteiger partial charge in [-0.3, -0.25) is 5.10 Å². The third kappa shape index (κ3) is 3.00. The zero-order valence-electron chi connectivity index (χ0n) is 10.3. The molecule has 9 heteroatoms. The Morgan fingerprint density at radius 2 is 2.21 bits per heavy atom. The number of hydrogen-bond donors (Lipinski definition) is 3. The van der Waals surface area contributed by atoms with E-state index in [1.165, 1.54) is 13.0 Å². The second kappa shape index (κ2) is 5.95. The van der Waals surface area contributed by atoms with Crippen molar-refractivity contribution >= 4 is 16.0 Å². The molecule has 0 aromatic carbocycles. The van der Waals surface area contributed by atoms with E-state index < -0.39 is 26.6 Å². The van der Waals surface area contributed by atoms with Gasteiger partial charge in [-0.15, -0.1) is 6.58 Å². The maximum absolute atomic E-state index is 12.4. The Bertz CT molecular complexity index is 578. The minimum Gasteiger partial charge on any atom is -0.476 e. The molecule has 1 rings (SSSR count). The van der Waals surface area contributed by atoms with Gasteiger partial charge in [0.05, 0.1) is 12.3 Å². The van der Waals surface area contributed by atoms with Crippen molar-refractivity contribution in [1.82, 2.24) is 14.5 Å². The number of aromatic nitrogens is 2. The zero-order chi connectivity index (χ0) is 14.6. The van der Waals surface area contributed by atoms with E-state index >= 15 is 0 Å². The van der Waals surface area contributed by atoms with Gasteiger partial charge in [0.1, 0.15) is 4.90 Å². The summed E-state index contributed by atoms with van der Waals surface area (Å²) in [5.74, 6) is -1.44. The molecule has 0 unspecified atom stereocenters. The molecule has 1 heterocycles. The topological polar surface area (TPSA) is 124 Å². The maximum atomic E-state index is 12.4. The van der Waals surface area contributed by atoms with E-state index in [1.54, 1.807) is 0 Å². The zero-order valence-corrected chi connectivity index (χ0v) is 11.1. The highest BCUT2D eigenvalue weighted by atomic mass is 32.2. The summed E-state index contributed by atoms with van der Waals surface area (Å²) in [6.45, 7) is 4.27. The Balaban J connectivity index is 3.36. The first-order valence-electron chi connectivity index (χ1n) is 5.36. The van der Waals surface area contributed by atoms with Crippen molar-refractivity contribution in [3.05, 3.63) is 24.0 Å². The van der Waals surface area contributed by atoms with Crippen LogP contribution in [-0.4, -0.2) is 58.8 Å². The summed E-state index contributed by atoms with van der Waals surface area (Å²) in [6, 6.07) is 0. The van der Waals surface area contributed by atoms with Crippen LogP contribution >= 0.6 is 0 Å². The first kappa shape index (κ1) is 15.3. The Labute approximate surface area is 110 Å². The molecule has 19 heavy (non-hydrogen) atoms. The van der Waals surface area contributed by atoms with Crippen molar-refractivity contribution in [1.29, 1.82) is 0 Å². The molecule has 0 bridgehead atoms. The molecule has 0 atom stereocenters. The SMILES string of the molecule is C=CCN(CCO)S(=O)(=O)c1c(C(=O)O)n[nH]c1C. The molecule has 1 aromatic rings. The standard InChI is InChI=1S/C10H15N3O5S/c1-3-4-13(5-6-14)19(17,18)9-7(2)11-12-8(9)10(15)16/h3,14H,1,4-6H2,2H3,(H,11,12)(H,15,16). The summed E-state index contributed by atoms with van der Waals surface area (Å²) < 4.78 is 25.7. The Hall–Kier alpha value is -1.71. The van der Waals surface area contributed by atoms with Gasteiger partial charge < -0.3 is 10.2 Å². The highest BCUT2D eigenvalue weighted by Gasteiger charge is 2.32. The highest BCUT2D eigenvalue weighted by molar-refractivity contribution is 7.89. The van der Waals surface area contributed by atoms with Gasteiger partial charge in [-0.2, -0.15) is 9.40 Å². The average molecular weight is 289 g/mol. The molecule has 0 amide bonds. The number of carbonyl (C=O) groups is 1. The Morgan fingerprint density at radius 3 is 2.68 bits per heavy atom. The number of nitrogens with zero attached hydrogens (tertiary/aromatic N) is 2. The van der Waals surface area contributed by atoms with Crippen molar-refractivity contribution in [2.75, 3.05) is 19.7 Å². The monoisotopic (exact) mass is 289 g/mol. The van der Waals surface area contributed by atoms with Crippen LogP contribution in [0.15, 0.2) is 17.6 Å². The second-order valence-corrected chi connectivity index (χ2v) is 5.58. The number of nitrogens with one attached hydrogen (secondary N) is 1. The second-order valence-electron chi connectivity index (χ2n) is 3.71. The number of rotatable bonds is 7. The van der Waals surface area contributed by atoms with Gasteiger partial charge in [-0.05, 0) is 6.92 Å². The fourth-order valence-corrected chi connectivity index (χ4v) is 3.27. The van der Waals surface area contributed by atoms with E-state index in [-0.39, 0.29) is 25.4 Å². The normalized spacial score (nSPS) is 11.7.